The molecule has 1 amide bonds. The molecule has 0 unspecified atom stereocenters. The van der Waals surface area contributed by atoms with E-state index in [2.05, 4.69) is 15.1 Å². The van der Waals surface area contributed by atoms with Crippen LogP contribution in [0.2, 0.25) is 0 Å². The van der Waals surface area contributed by atoms with E-state index >= 15 is 0 Å². The van der Waals surface area contributed by atoms with Crippen LogP contribution in [-0.2, 0) is 0 Å². The van der Waals surface area contributed by atoms with Crippen molar-refractivity contribution in [1.82, 2.24) is 20.0 Å². The van der Waals surface area contributed by atoms with Gasteiger partial charge in [-0.3, -0.25) is 4.98 Å². The van der Waals surface area contributed by atoms with Crippen LogP contribution in [0.4, 0.5) is 13.6 Å². The number of nitrogens with zero attached hydrogens (tertiary/aromatic N) is 4. The molecule has 0 radical (unpaired) electrons. The van der Waals surface area contributed by atoms with E-state index in [0.717, 1.165) is 23.4 Å². The van der Waals surface area contributed by atoms with Gasteiger partial charge in [-0.1, -0.05) is 5.16 Å². The molecule has 2 aromatic heterocycles. The largest absolute Gasteiger partial charge is 0.415 e. The van der Waals surface area contributed by atoms with Crippen LogP contribution >= 0.6 is 0 Å². The Hall–Kier alpha value is -3.36. The fourth-order valence-electron chi connectivity index (χ4n) is 3.42. The Labute approximate surface area is 171 Å². The third kappa shape index (κ3) is 4.14. The zero-order chi connectivity index (χ0) is 21.3. The van der Waals surface area contributed by atoms with Crippen LogP contribution in [0.5, 0.6) is 5.75 Å². The van der Waals surface area contributed by atoms with Gasteiger partial charge in [0.25, 0.3) is 5.89 Å². The van der Waals surface area contributed by atoms with Crippen LogP contribution in [0, 0.1) is 25.5 Å². The second kappa shape index (κ2) is 8.17. The number of amides is 1. The highest BCUT2D eigenvalue weighted by atomic mass is 19.2. The number of aromatic nitrogens is 3. The minimum atomic E-state index is -0.974. The van der Waals surface area contributed by atoms with Gasteiger partial charge in [0.15, 0.2) is 23.2 Å². The van der Waals surface area contributed by atoms with Gasteiger partial charge in [0.1, 0.15) is 0 Å². The highest BCUT2D eigenvalue weighted by molar-refractivity contribution is 5.71. The Morgan fingerprint density at radius 3 is 2.63 bits per heavy atom. The smallest absolute Gasteiger partial charge is 0.408 e. The molecule has 0 bridgehead atoms. The average Bonchev–Trinajstić information content (AvgIpc) is 3.22. The number of carbonyl (C=O) groups excluding carboxylic acids is 1. The number of piperidine rings is 1. The van der Waals surface area contributed by atoms with Crippen molar-refractivity contribution >= 4 is 6.09 Å². The van der Waals surface area contributed by atoms with Gasteiger partial charge in [0.2, 0.25) is 0 Å². The first-order valence-electron chi connectivity index (χ1n) is 9.59. The van der Waals surface area contributed by atoms with Crippen LogP contribution in [0.15, 0.2) is 35.0 Å². The predicted molar refractivity (Wildman–Crippen MR) is 103 cm³/mol. The first-order chi connectivity index (χ1) is 14.4. The second-order valence-corrected chi connectivity index (χ2v) is 7.31. The third-order valence-electron chi connectivity index (χ3n) is 5.12. The van der Waals surface area contributed by atoms with Crippen molar-refractivity contribution in [3.8, 4) is 17.2 Å². The van der Waals surface area contributed by atoms with E-state index in [9.17, 15) is 13.6 Å². The molecule has 1 fully saturated rings. The Kier molecular flexibility index (Phi) is 5.43. The summed E-state index contributed by atoms with van der Waals surface area (Å²) in [5.74, 6) is -0.844. The molecule has 1 aromatic carbocycles. The first-order valence-corrected chi connectivity index (χ1v) is 9.59. The zero-order valence-electron chi connectivity index (χ0n) is 16.6. The van der Waals surface area contributed by atoms with E-state index in [-0.39, 0.29) is 11.8 Å². The number of benzene rings is 1. The number of likely N-dealkylation sites (tertiary alicyclic amines) is 1. The predicted octanol–water partition coefficient (Wildman–Crippen LogP) is 4.41. The summed E-state index contributed by atoms with van der Waals surface area (Å²) in [4.78, 5) is 22.6. The van der Waals surface area contributed by atoms with E-state index in [1.807, 2.05) is 19.9 Å². The molecule has 1 aliphatic heterocycles. The molecule has 7 nitrogen and oxygen atoms in total. The lowest BCUT2D eigenvalue weighted by molar-refractivity contribution is 0.137. The van der Waals surface area contributed by atoms with Crippen molar-refractivity contribution in [2.24, 2.45) is 0 Å². The monoisotopic (exact) mass is 414 g/mol. The number of pyridine rings is 1. The molecule has 0 atom stereocenters. The minimum Gasteiger partial charge on any atom is -0.408 e. The van der Waals surface area contributed by atoms with Crippen molar-refractivity contribution < 1.29 is 22.8 Å². The second-order valence-electron chi connectivity index (χ2n) is 7.31. The highest BCUT2D eigenvalue weighted by Crippen LogP contribution is 2.29. The normalized spacial score (nSPS) is 14.7. The van der Waals surface area contributed by atoms with Gasteiger partial charge in [-0.25, -0.2) is 13.6 Å². The zero-order valence-corrected chi connectivity index (χ0v) is 16.6. The highest BCUT2D eigenvalue weighted by Gasteiger charge is 2.28. The number of hydrogen-bond donors (Lipinski definition) is 0. The molecule has 0 spiro atoms. The molecular weight excluding hydrogens is 394 g/mol. The summed E-state index contributed by atoms with van der Waals surface area (Å²) < 4.78 is 37.2. The Morgan fingerprint density at radius 1 is 1.17 bits per heavy atom. The SMILES string of the molecule is Cc1cc(C)c(OC(=O)N2CCC(c3noc(-c4ccc(F)c(F)c4)n3)CC2)cn1. The van der Waals surface area contributed by atoms with Crippen LogP contribution in [-0.4, -0.2) is 39.2 Å². The molecule has 4 rings (SSSR count). The van der Waals surface area contributed by atoms with E-state index in [1.54, 1.807) is 11.1 Å². The van der Waals surface area contributed by atoms with Crippen molar-refractivity contribution in [2.45, 2.75) is 32.6 Å². The molecule has 30 heavy (non-hydrogen) atoms. The summed E-state index contributed by atoms with van der Waals surface area (Å²) in [6.45, 7) is 4.71. The maximum absolute atomic E-state index is 13.4. The summed E-state index contributed by atoms with van der Waals surface area (Å²) in [6, 6.07) is 5.28. The van der Waals surface area contributed by atoms with Gasteiger partial charge in [0.05, 0.1) is 6.20 Å². The minimum absolute atomic E-state index is 0.000349. The number of aryl methyl sites for hydroxylation is 2. The van der Waals surface area contributed by atoms with E-state index in [0.29, 0.717) is 43.1 Å². The van der Waals surface area contributed by atoms with Gasteiger partial charge < -0.3 is 14.2 Å². The Morgan fingerprint density at radius 2 is 1.93 bits per heavy atom. The molecule has 3 aromatic rings. The lowest BCUT2D eigenvalue weighted by atomic mass is 9.96. The summed E-state index contributed by atoms with van der Waals surface area (Å²) in [5.41, 5.74) is 2.02. The topological polar surface area (TPSA) is 81.4 Å². The van der Waals surface area contributed by atoms with Crippen molar-refractivity contribution in [1.29, 1.82) is 0 Å². The van der Waals surface area contributed by atoms with Gasteiger partial charge in [0, 0.05) is 30.3 Å². The van der Waals surface area contributed by atoms with Crippen LogP contribution in [0.3, 0.4) is 0 Å². The number of carbonyl (C=O) groups is 1. The average molecular weight is 414 g/mol. The third-order valence-corrected chi connectivity index (χ3v) is 5.12. The Bertz CT molecular complexity index is 1080. The molecule has 0 aliphatic carbocycles. The van der Waals surface area contributed by atoms with Crippen molar-refractivity contribution in [3.63, 3.8) is 0 Å². The maximum atomic E-state index is 13.4. The first kappa shape index (κ1) is 19.9. The van der Waals surface area contributed by atoms with Gasteiger partial charge in [-0.15, -0.1) is 0 Å². The van der Waals surface area contributed by atoms with E-state index < -0.39 is 17.7 Å². The Balaban J connectivity index is 1.37. The molecular formula is C21H20F2N4O3. The summed E-state index contributed by atoms with van der Waals surface area (Å²) >= 11 is 0. The molecule has 1 saturated heterocycles. The van der Waals surface area contributed by atoms with E-state index in [4.69, 9.17) is 9.26 Å². The lowest BCUT2D eigenvalue weighted by Gasteiger charge is -2.29. The summed E-state index contributed by atoms with van der Waals surface area (Å²) in [6.07, 6.45) is 2.40. The number of hydrogen-bond acceptors (Lipinski definition) is 6. The number of halogens is 2. The number of ether oxygens (including phenoxy) is 1. The molecule has 156 valence electrons. The fraction of sp³-hybridized carbons (Fsp3) is 0.333. The quantitative estimate of drug-likeness (QED) is 0.632. The molecule has 3 heterocycles. The van der Waals surface area contributed by atoms with Crippen LogP contribution < -0.4 is 4.74 Å². The molecule has 1 aliphatic rings. The van der Waals surface area contributed by atoms with Crippen LogP contribution in [0.1, 0.15) is 35.8 Å². The summed E-state index contributed by atoms with van der Waals surface area (Å²) in [7, 11) is 0. The summed E-state index contributed by atoms with van der Waals surface area (Å²) in [5, 5.41) is 3.98. The van der Waals surface area contributed by atoms with E-state index in [1.165, 1.54) is 6.07 Å². The van der Waals surface area contributed by atoms with Gasteiger partial charge in [-0.05, 0) is 56.5 Å². The van der Waals surface area contributed by atoms with Crippen LogP contribution in [0.25, 0.3) is 11.5 Å². The molecule has 0 N–H and O–H groups in total. The van der Waals surface area contributed by atoms with Gasteiger partial charge in [-0.2, -0.15) is 4.98 Å². The van der Waals surface area contributed by atoms with Crippen molar-refractivity contribution in [2.75, 3.05) is 13.1 Å². The molecule has 9 heteroatoms. The lowest BCUT2D eigenvalue weighted by Crippen LogP contribution is -2.39. The fourth-order valence-corrected chi connectivity index (χ4v) is 3.42. The standard InChI is InChI=1S/C21H20F2N4O3/c1-12-9-13(2)24-11-18(12)29-21(28)27-7-5-14(6-8-27)19-25-20(30-26-19)15-3-4-16(22)17(23)10-15/h3-4,9-11,14H,5-8H2,1-2H3. The number of rotatable bonds is 3. The van der Waals surface area contributed by atoms with Gasteiger partial charge >= 0.3 is 6.09 Å². The van der Waals surface area contributed by atoms with Crippen molar-refractivity contribution in [3.05, 3.63) is 59.2 Å². The molecule has 0 saturated carbocycles. The maximum Gasteiger partial charge on any atom is 0.415 e.